The maximum Gasteiger partial charge on any atom is 0.254 e. The summed E-state index contributed by atoms with van der Waals surface area (Å²) >= 11 is 0. The van der Waals surface area contributed by atoms with Gasteiger partial charge in [0, 0.05) is 17.7 Å². The van der Waals surface area contributed by atoms with Crippen LogP contribution in [0, 0.1) is 0 Å². The highest BCUT2D eigenvalue weighted by molar-refractivity contribution is 6.10. The minimum atomic E-state index is -0.791. The molecule has 3 aromatic rings. The van der Waals surface area contributed by atoms with Gasteiger partial charge >= 0.3 is 0 Å². The van der Waals surface area contributed by atoms with E-state index in [2.05, 4.69) is 31.1 Å². The lowest BCUT2D eigenvalue weighted by molar-refractivity contribution is -0.118. The second-order valence-corrected chi connectivity index (χ2v) is 6.56. The molecular formula is C20H18N6O3. The van der Waals surface area contributed by atoms with Crippen LogP contribution in [-0.4, -0.2) is 38.9 Å². The Hall–Kier alpha value is -4.01. The number of rotatable bonds is 5. The maximum absolute atomic E-state index is 12.4. The first-order valence-corrected chi connectivity index (χ1v) is 9.06. The number of aromatic amines is 1. The van der Waals surface area contributed by atoms with Crippen molar-refractivity contribution in [2.24, 2.45) is 0 Å². The average molecular weight is 390 g/mol. The molecule has 0 radical (unpaired) electrons. The number of nitrogens with zero attached hydrogens (tertiary/aromatic N) is 2. The van der Waals surface area contributed by atoms with Crippen molar-refractivity contribution in [3.63, 3.8) is 0 Å². The molecule has 9 nitrogen and oxygen atoms in total. The summed E-state index contributed by atoms with van der Waals surface area (Å²) in [5, 5.41) is 14.8. The van der Waals surface area contributed by atoms with E-state index in [-0.39, 0.29) is 30.6 Å². The number of aromatic nitrogens is 3. The van der Waals surface area contributed by atoms with Crippen molar-refractivity contribution in [2.75, 3.05) is 10.6 Å². The van der Waals surface area contributed by atoms with Crippen molar-refractivity contribution < 1.29 is 14.4 Å². The van der Waals surface area contributed by atoms with Crippen molar-refractivity contribution in [3.05, 3.63) is 60.4 Å². The zero-order chi connectivity index (χ0) is 20.2. The molecule has 29 heavy (non-hydrogen) atoms. The Labute approximate surface area is 165 Å². The quantitative estimate of drug-likeness (QED) is 0.529. The van der Waals surface area contributed by atoms with Gasteiger partial charge in [-0.1, -0.05) is 24.3 Å². The van der Waals surface area contributed by atoms with Crippen molar-refractivity contribution in [3.8, 4) is 11.4 Å². The summed E-state index contributed by atoms with van der Waals surface area (Å²) in [7, 11) is 0. The van der Waals surface area contributed by atoms with Crippen LogP contribution in [0.5, 0.6) is 0 Å². The lowest BCUT2D eigenvalue weighted by atomic mass is 10.1. The van der Waals surface area contributed by atoms with Gasteiger partial charge in [0.1, 0.15) is 12.4 Å². The molecule has 1 aromatic heterocycles. The molecular weight excluding hydrogens is 372 g/mol. The third kappa shape index (κ3) is 4.13. The van der Waals surface area contributed by atoms with Crippen molar-refractivity contribution in [2.45, 2.75) is 18.9 Å². The Morgan fingerprint density at radius 1 is 1.10 bits per heavy atom. The summed E-state index contributed by atoms with van der Waals surface area (Å²) in [6, 6.07) is 13.2. The molecule has 0 aliphatic carbocycles. The normalized spacial score (nSPS) is 15.7. The number of carbonyl (C=O) groups excluding carboxylic acids is 3. The highest BCUT2D eigenvalue weighted by Gasteiger charge is 2.27. The topological polar surface area (TPSA) is 129 Å². The fraction of sp³-hybridized carbons (Fsp3) is 0.150. The van der Waals surface area contributed by atoms with Gasteiger partial charge in [-0.15, -0.1) is 0 Å². The first-order chi connectivity index (χ1) is 14.1. The van der Waals surface area contributed by atoms with Gasteiger partial charge < -0.3 is 16.0 Å². The van der Waals surface area contributed by atoms with Crippen LogP contribution in [0.1, 0.15) is 23.2 Å². The number of nitrogens with one attached hydrogen (secondary N) is 4. The van der Waals surface area contributed by atoms with E-state index in [0.717, 1.165) is 5.56 Å². The molecule has 4 rings (SSSR count). The van der Waals surface area contributed by atoms with Crippen molar-refractivity contribution >= 4 is 29.1 Å². The lowest BCUT2D eigenvalue weighted by Gasteiger charge is -2.14. The largest absolute Gasteiger partial charge is 0.340 e. The predicted octanol–water partition coefficient (Wildman–Crippen LogP) is 1.94. The summed E-state index contributed by atoms with van der Waals surface area (Å²) in [4.78, 5) is 41.2. The van der Waals surface area contributed by atoms with Crippen LogP contribution < -0.4 is 16.0 Å². The minimum Gasteiger partial charge on any atom is -0.340 e. The fourth-order valence-electron chi connectivity index (χ4n) is 3.10. The monoisotopic (exact) mass is 390 g/mol. The predicted molar refractivity (Wildman–Crippen MR) is 106 cm³/mol. The summed E-state index contributed by atoms with van der Waals surface area (Å²) in [5.74, 6) is -0.352. The lowest BCUT2D eigenvalue weighted by Crippen LogP contribution is -2.41. The highest BCUT2D eigenvalue weighted by Crippen LogP contribution is 2.21. The Morgan fingerprint density at radius 3 is 2.79 bits per heavy atom. The Kier molecular flexibility index (Phi) is 5.02. The van der Waals surface area contributed by atoms with Crippen LogP contribution in [0.4, 0.5) is 11.4 Å². The Bertz CT molecular complexity index is 1060. The van der Waals surface area contributed by atoms with Gasteiger partial charge in [0.2, 0.25) is 11.8 Å². The van der Waals surface area contributed by atoms with Crippen molar-refractivity contribution in [1.82, 2.24) is 20.5 Å². The van der Waals surface area contributed by atoms with Crippen LogP contribution >= 0.6 is 0 Å². The van der Waals surface area contributed by atoms with E-state index in [4.69, 9.17) is 0 Å². The van der Waals surface area contributed by atoms with Gasteiger partial charge in [0.25, 0.3) is 5.91 Å². The molecule has 1 atom stereocenters. The van der Waals surface area contributed by atoms with E-state index in [1.807, 2.05) is 6.07 Å². The minimum absolute atomic E-state index is 0.0707. The molecule has 2 heterocycles. The second kappa shape index (κ2) is 7.93. The van der Waals surface area contributed by atoms with Gasteiger partial charge in [-0.3, -0.25) is 19.5 Å². The van der Waals surface area contributed by atoms with Gasteiger partial charge in [0.15, 0.2) is 5.82 Å². The molecule has 0 bridgehead atoms. The van der Waals surface area contributed by atoms with E-state index >= 15 is 0 Å². The average Bonchev–Trinajstić information content (AvgIpc) is 3.22. The number of hydrogen-bond donors (Lipinski definition) is 4. The summed E-state index contributed by atoms with van der Waals surface area (Å²) < 4.78 is 0. The molecule has 1 aliphatic heterocycles. The number of para-hydroxylation sites is 1. The summed E-state index contributed by atoms with van der Waals surface area (Å²) in [6.45, 7) is 0. The third-order valence-electron chi connectivity index (χ3n) is 4.55. The van der Waals surface area contributed by atoms with Crippen LogP contribution in [0.3, 0.4) is 0 Å². The number of hydrogen-bond acceptors (Lipinski definition) is 5. The zero-order valence-electron chi connectivity index (χ0n) is 15.3. The van der Waals surface area contributed by atoms with E-state index in [1.165, 1.54) is 6.33 Å². The summed E-state index contributed by atoms with van der Waals surface area (Å²) in [5.41, 5.74) is 2.25. The Morgan fingerprint density at radius 2 is 1.97 bits per heavy atom. The molecule has 0 spiro atoms. The molecule has 3 amide bonds. The highest BCUT2D eigenvalue weighted by atomic mass is 16.2. The first kappa shape index (κ1) is 18.4. The molecule has 0 saturated heterocycles. The van der Waals surface area contributed by atoms with Crippen LogP contribution in [-0.2, 0) is 9.59 Å². The van der Waals surface area contributed by atoms with Gasteiger partial charge in [0.05, 0.1) is 11.3 Å². The number of carbonyl (C=O) groups is 3. The first-order valence-electron chi connectivity index (χ1n) is 9.06. The van der Waals surface area contributed by atoms with Crippen molar-refractivity contribution in [1.29, 1.82) is 0 Å². The molecule has 1 aliphatic rings. The van der Waals surface area contributed by atoms with Crippen LogP contribution in [0.15, 0.2) is 54.9 Å². The van der Waals surface area contributed by atoms with Crippen LogP contribution in [0.2, 0.25) is 0 Å². The molecule has 2 aromatic carbocycles. The van der Waals surface area contributed by atoms with E-state index < -0.39 is 6.04 Å². The van der Waals surface area contributed by atoms with Gasteiger partial charge in [-0.25, -0.2) is 4.98 Å². The second-order valence-electron chi connectivity index (χ2n) is 6.56. The number of H-pyrrole nitrogens is 1. The molecule has 0 saturated carbocycles. The summed E-state index contributed by atoms with van der Waals surface area (Å²) in [6.07, 6.45) is 1.66. The molecule has 4 N–H and O–H groups in total. The number of benzene rings is 2. The smallest absolute Gasteiger partial charge is 0.254 e. The zero-order valence-corrected chi connectivity index (χ0v) is 15.3. The van der Waals surface area contributed by atoms with Crippen LogP contribution in [0.25, 0.3) is 11.4 Å². The van der Waals surface area contributed by atoms with E-state index in [1.54, 1.807) is 42.5 Å². The van der Waals surface area contributed by atoms with E-state index in [0.29, 0.717) is 22.8 Å². The third-order valence-corrected chi connectivity index (χ3v) is 4.55. The molecule has 146 valence electrons. The number of amides is 3. The molecule has 9 heteroatoms. The molecule has 0 fully saturated rings. The maximum atomic E-state index is 12.4. The molecule has 0 unspecified atom stereocenters. The van der Waals surface area contributed by atoms with E-state index in [9.17, 15) is 14.4 Å². The SMILES string of the molecule is O=C(CC[C@H]1NC(=O)c2ccccc2NC1=O)Nc1cccc(-c2ncn[nH]2)c1. The number of anilines is 2. The number of fused-ring (bicyclic) bond motifs is 1. The van der Waals surface area contributed by atoms with Gasteiger partial charge in [-0.05, 0) is 30.7 Å². The fourth-order valence-corrected chi connectivity index (χ4v) is 3.10. The van der Waals surface area contributed by atoms with Gasteiger partial charge in [-0.2, -0.15) is 5.10 Å². The standard InChI is InChI=1S/C20H18N6O3/c27-17(23-13-5-3-4-12(10-13)18-21-11-22-26-18)9-8-16-20(29)24-15-7-2-1-6-14(15)19(28)25-16/h1-7,10-11,16H,8-9H2,(H,23,27)(H,24,29)(H,25,28)(H,21,22,26)/t16-/m1/s1. The Balaban J connectivity index is 1.37.